The first kappa shape index (κ1) is 26.3. The lowest BCUT2D eigenvalue weighted by atomic mass is 10.1. The second-order valence-corrected chi connectivity index (χ2v) is 9.01. The van der Waals surface area contributed by atoms with E-state index in [0.717, 1.165) is 29.4 Å². The standard InChI is InChI=1S/C26H33N3O7/c1-19-15-28(26(31)29(25(19)30)18-32-16-20-8-3-2-4-9-20)23-14-21(33-13-7-11-27)22(36-23)17-35-24-10-5-6-12-34-24/h2-4,8-9,15,21-24H,5-7,10,12-14,16-18H2,1H3/t21-,22+,23+,24?/m0/s1. The summed E-state index contributed by atoms with van der Waals surface area (Å²) in [5.41, 5.74) is 0.425. The van der Waals surface area contributed by atoms with Crippen molar-refractivity contribution in [2.45, 2.75) is 77.1 Å². The Hall–Kier alpha value is -2.81. The zero-order valence-electron chi connectivity index (χ0n) is 20.5. The molecule has 0 bridgehead atoms. The summed E-state index contributed by atoms with van der Waals surface area (Å²) in [6.07, 6.45) is 3.30. The Balaban J connectivity index is 1.47. The fourth-order valence-electron chi connectivity index (χ4n) is 4.40. The summed E-state index contributed by atoms with van der Waals surface area (Å²) < 4.78 is 31.9. The van der Waals surface area contributed by atoms with E-state index in [1.165, 1.54) is 10.8 Å². The minimum Gasteiger partial charge on any atom is -0.374 e. The van der Waals surface area contributed by atoms with E-state index in [2.05, 4.69) is 6.07 Å². The number of ether oxygens (including phenoxy) is 5. The van der Waals surface area contributed by atoms with Crippen LogP contribution in [0, 0.1) is 18.3 Å². The highest BCUT2D eigenvalue weighted by Gasteiger charge is 2.38. The van der Waals surface area contributed by atoms with Crippen molar-refractivity contribution in [1.29, 1.82) is 5.26 Å². The third kappa shape index (κ3) is 6.69. The van der Waals surface area contributed by atoms with Gasteiger partial charge in [-0.15, -0.1) is 0 Å². The summed E-state index contributed by atoms with van der Waals surface area (Å²) in [7, 11) is 0. The van der Waals surface area contributed by atoms with E-state index in [0.29, 0.717) is 18.6 Å². The van der Waals surface area contributed by atoms with E-state index < -0.39 is 23.6 Å². The van der Waals surface area contributed by atoms with Crippen LogP contribution < -0.4 is 11.2 Å². The van der Waals surface area contributed by atoms with Gasteiger partial charge in [0.2, 0.25) is 0 Å². The maximum Gasteiger partial charge on any atom is 0.335 e. The number of rotatable bonds is 11. The monoisotopic (exact) mass is 499 g/mol. The number of aryl methyl sites for hydroxylation is 1. The highest BCUT2D eigenvalue weighted by molar-refractivity contribution is 5.13. The van der Waals surface area contributed by atoms with Crippen molar-refractivity contribution in [1.82, 2.24) is 9.13 Å². The van der Waals surface area contributed by atoms with E-state index in [1.54, 1.807) is 6.92 Å². The van der Waals surface area contributed by atoms with E-state index in [9.17, 15) is 9.59 Å². The Morgan fingerprint density at radius 3 is 2.75 bits per heavy atom. The molecule has 10 heteroatoms. The molecular weight excluding hydrogens is 466 g/mol. The molecule has 0 aliphatic carbocycles. The van der Waals surface area contributed by atoms with E-state index >= 15 is 0 Å². The molecular formula is C26H33N3O7. The summed E-state index contributed by atoms with van der Waals surface area (Å²) in [6, 6.07) is 11.6. The topological polar surface area (TPSA) is 114 Å². The lowest BCUT2D eigenvalue weighted by molar-refractivity contribution is -0.187. The third-order valence-electron chi connectivity index (χ3n) is 6.32. The second kappa shape index (κ2) is 12.9. The first-order valence-corrected chi connectivity index (χ1v) is 12.4. The van der Waals surface area contributed by atoms with Crippen LogP contribution in [0.5, 0.6) is 0 Å². The van der Waals surface area contributed by atoms with Gasteiger partial charge in [-0.05, 0) is 31.7 Å². The summed E-state index contributed by atoms with van der Waals surface area (Å²) in [5.74, 6) is 0. The van der Waals surface area contributed by atoms with Crippen LogP contribution in [-0.2, 0) is 37.0 Å². The van der Waals surface area contributed by atoms with Crippen molar-refractivity contribution in [2.24, 2.45) is 0 Å². The quantitative estimate of drug-likeness (QED) is 0.434. The molecule has 1 unspecified atom stereocenters. The van der Waals surface area contributed by atoms with Crippen molar-refractivity contribution in [3.05, 3.63) is 68.5 Å². The maximum absolute atomic E-state index is 13.3. The first-order chi connectivity index (χ1) is 17.6. The summed E-state index contributed by atoms with van der Waals surface area (Å²) in [5, 5.41) is 8.88. The van der Waals surface area contributed by atoms with Crippen LogP contribution in [0.3, 0.4) is 0 Å². The predicted molar refractivity (Wildman–Crippen MR) is 129 cm³/mol. The molecule has 2 aliphatic heterocycles. The number of nitrogens with zero attached hydrogens (tertiary/aromatic N) is 3. The zero-order valence-corrected chi connectivity index (χ0v) is 20.5. The summed E-state index contributed by atoms with van der Waals surface area (Å²) >= 11 is 0. The largest absolute Gasteiger partial charge is 0.374 e. The van der Waals surface area contributed by atoms with Gasteiger partial charge in [-0.2, -0.15) is 5.26 Å². The zero-order chi connectivity index (χ0) is 25.3. The Bertz CT molecular complexity index is 1130. The number of benzene rings is 1. The lowest BCUT2D eigenvalue weighted by Crippen LogP contribution is -2.42. The minimum atomic E-state index is -0.648. The first-order valence-electron chi connectivity index (χ1n) is 12.4. The van der Waals surface area contributed by atoms with Crippen LogP contribution in [0.2, 0.25) is 0 Å². The van der Waals surface area contributed by atoms with Crippen LogP contribution >= 0.6 is 0 Å². The normalized spacial score (nSPS) is 24.0. The molecule has 2 aromatic rings. The van der Waals surface area contributed by atoms with Crippen LogP contribution in [0.1, 0.15) is 49.5 Å². The average Bonchev–Trinajstić information content (AvgIpc) is 3.31. The molecule has 0 saturated carbocycles. The van der Waals surface area contributed by atoms with Gasteiger partial charge >= 0.3 is 5.69 Å². The molecule has 1 aromatic heterocycles. The van der Waals surface area contributed by atoms with Crippen molar-refractivity contribution in [3.63, 3.8) is 0 Å². The fraction of sp³-hybridized carbons (Fsp3) is 0.577. The van der Waals surface area contributed by atoms with Crippen LogP contribution in [0.15, 0.2) is 46.1 Å². The van der Waals surface area contributed by atoms with Gasteiger partial charge < -0.3 is 23.7 Å². The number of aromatic nitrogens is 2. The predicted octanol–water partition coefficient (Wildman–Crippen LogP) is 2.62. The highest BCUT2D eigenvalue weighted by Crippen LogP contribution is 2.31. The molecule has 10 nitrogen and oxygen atoms in total. The third-order valence-corrected chi connectivity index (χ3v) is 6.32. The minimum absolute atomic E-state index is 0.172. The van der Waals surface area contributed by atoms with Crippen LogP contribution in [-0.4, -0.2) is 47.5 Å². The molecule has 0 amide bonds. The van der Waals surface area contributed by atoms with Crippen molar-refractivity contribution >= 4 is 0 Å². The second-order valence-electron chi connectivity index (χ2n) is 9.01. The lowest BCUT2D eigenvalue weighted by Gasteiger charge is -2.25. The Labute approximate surface area is 209 Å². The summed E-state index contributed by atoms with van der Waals surface area (Å²) in [4.78, 5) is 26.0. The van der Waals surface area contributed by atoms with Crippen LogP contribution in [0.25, 0.3) is 0 Å². The molecule has 0 spiro atoms. The fourth-order valence-corrected chi connectivity index (χ4v) is 4.40. The van der Waals surface area contributed by atoms with Gasteiger partial charge in [0.25, 0.3) is 5.56 Å². The molecule has 36 heavy (non-hydrogen) atoms. The molecule has 4 atom stereocenters. The van der Waals surface area contributed by atoms with E-state index in [-0.39, 0.29) is 45.4 Å². The van der Waals surface area contributed by atoms with Gasteiger partial charge in [0.05, 0.1) is 38.4 Å². The highest BCUT2D eigenvalue weighted by atomic mass is 16.7. The van der Waals surface area contributed by atoms with Crippen molar-refractivity contribution in [2.75, 3.05) is 19.8 Å². The van der Waals surface area contributed by atoms with Gasteiger partial charge in [-0.3, -0.25) is 9.36 Å². The Kier molecular flexibility index (Phi) is 9.44. The SMILES string of the molecule is Cc1cn([C@H]2C[C@H](OCCC#N)[C@@H](COC3CCCCO3)O2)c(=O)n(COCc2ccccc2)c1=O. The van der Waals surface area contributed by atoms with E-state index in [4.69, 9.17) is 28.9 Å². The van der Waals surface area contributed by atoms with Gasteiger partial charge in [0, 0.05) is 24.8 Å². The van der Waals surface area contributed by atoms with Crippen molar-refractivity contribution < 1.29 is 23.7 Å². The maximum atomic E-state index is 13.3. The Morgan fingerprint density at radius 2 is 2.00 bits per heavy atom. The molecule has 194 valence electrons. The molecule has 2 fully saturated rings. The molecule has 2 saturated heterocycles. The van der Waals surface area contributed by atoms with Crippen molar-refractivity contribution in [3.8, 4) is 6.07 Å². The number of hydrogen-bond donors (Lipinski definition) is 0. The average molecular weight is 500 g/mol. The molecule has 1 aromatic carbocycles. The van der Waals surface area contributed by atoms with Gasteiger partial charge in [-0.1, -0.05) is 30.3 Å². The molecule has 2 aliphatic rings. The van der Waals surface area contributed by atoms with Gasteiger partial charge in [0.15, 0.2) is 6.29 Å². The van der Waals surface area contributed by atoms with Crippen LogP contribution in [0.4, 0.5) is 0 Å². The molecule has 0 N–H and O–H groups in total. The molecule has 4 rings (SSSR count). The summed E-state index contributed by atoms with van der Waals surface area (Å²) in [6.45, 7) is 2.93. The molecule has 3 heterocycles. The van der Waals surface area contributed by atoms with Gasteiger partial charge in [0.1, 0.15) is 19.1 Å². The van der Waals surface area contributed by atoms with E-state index in [1.807, 2.05) is 30.3 Å². The smallest absolute Gasteiger partial charge is 0.335 e. The molecule has 0 radical (unpaired) electrons. The Morgan fingerprint density at radius 1 is 1.17 bits per heavy atom. The van der Waals surface area contributed by atoms with Gasteiger partial charge in [-0.25, -0.2) is 9.36 Å². The number of hydrogen-bond acceptors (Lipinski definition) is 8. The number of nitriles is 1.